The van der Waals surface area contributed by atoms with Crippen LogP contribution in [-0.4, -0.2) is 5.78 Å². The number of hydrogen-bond donors (Lipinski definition) is 0. The summed E-state index contributed by atoms with van der Waals surface area (Å²) in [6, 6.07) is 15.5. The lowest BCUT2D eigenvalue weighted by atomic mass is 9.79. The van der Waals surface area contributed by atoms with Gasteiger partial charge in [0.05, 0.1) is 0 Å². The summed E-state index contributed by atoms with van der Waals surface area (Å²) >= 11 is 5.88. The number of ketones is 1. The minimum Gasteiger partial charge on any atom is -0.293 e. The molecule has 2 aromatic rings. The third kappa shape index (κ3) is 1.95. The van der Waals surface area contributed by atoms with E-state index in [9.17, 15) is 4.79 Å². The molecular formula is C16H13ClO. The lowest BCUT2D eigenvalue weighted by Gasteiger charge is -2.23. The van der Waals surface area contributed by atoms with Crippen molar-refractivity contribution < 1.29 is 4.79 Å². The van der Waals surface area contributed by atoms with E-state index in [1.54, 1.807) is 0 Å². The monoisotopic (exact) mass is 256 g/mol. The van der Waals surface area contributed by atoms with Crippen LogP contribution in [0.1, 0.15) is 33.8 Å². The summed E-state index contributed by atoms with van der Waals surface area (Å²) in [6.07, 6.45) is 1.85. The van der Waals surface area contributed by atoms with Crippen molar-refractivity contribution in [1.82, 2.24) is 0 Å². The van der Waals surface area contributed by atoms with Crippen molar-refractivity contribution in [2.24, 2.45) is 0 Å². The number of aryl methyl sites for hydroxylation is 1. The van der Waals surface area contributed by atoms with Crippen LogP contribution in [0.2, 0.25) is 5.02 Å². The van der Waals surface area contributed by atoms with Crippen molar-refractivity contribution in [3.63, 3.8) is 0 Å². The van der Waals surface area contributed by atoms with Crippen LogP contribution in [0, 0.1) is 0 Å². The highest BCUT2D eigenvalue weighted by atomic mass is 35.5. The van der Waals surface area contributed by atoms with Crippen molar-refractivity contribution in [3.05, 3.63) is 70.2 Å². The van der Waals surface area contributed by atoms with Gasteiger partial charge < -0.3 is 0 Å². The number of rotatable bonds is 1. The summed E-state index contributed by atoms with van der Waals surface area (Å²) in [4.78, 5) is 12.5. The largest absolute Gasteiger partial charge is 0.293 e. The molecule has 18 heavy (non-hydrogen) atoms. The molecule has 1 aliphatic carbocycles. The van der Waals surface area contributed by atoms with Gasteiger partial charge in [0.1, 0.15) is 0 Å². The maximum absolute atomic E-state index is 12.5. The predicted octanol–water partition coefficient (Wildman–Crippen LogP) is 4.25. The van der Waals surface area contributed by atoms with E-state index in [1.807, 2.05) is 48.5 Å². The Morgan fingerprint density at radius 3 is 2.50 bits per heavy atom. The fraction of sp³-hybridized carbons (Fsp3) is 0.188. The molecule has 3 rings (SSSR count). The van der Waals surface area contributed by atoms with Crippen LogP contribution in [0.5, 0.6) is 0 Å². The van der Waals surface area contributed by atoms with Crippen molar-refractivity contribution in [3.8, 4) is 0 Å². The van der Waals surface area contributed by atoms with E-state index in [0.29, 0.717) is 5.02 Å². The zero-order valence-electron chi connectivity index (χ0n) is 9.90. The lowest BCUT2D eigenvalue weighted by molar-refractivity contribution is 0.0946. The second-order valence-corrected chi connectivity index (χ2v) is 5.10. The predicted molar refractivity (Wildman–Crippen MR) is 73.3 cm³/mol. The summed E-state index contributed by atoms with van der Waals surface area (Å²) in [5.41, 5.74) is 3.12. The Bertz CT molecular complexity index is 586. The molecule has 1 aliphatic rings. The van der Waals surface area contributed by atoms with E-state index < -0.39 is 0 Å². The van der Waals surface area contributed by atoms with E-state index >= 15 is 0 Å². The number of carbonyl (C=O) groups excluding carboxylic acids is 1. The fourth-order valence-corrected chi connectivity index (χ4v) is 2.74. The molecule has 0 amide bonds. The quantitative estimate of drug-likeness (QED) is 0.745. The first-order valence-electron chi connectivity index (χ1n) is 6.13. The van der Waals surface area contributed by atoms with E-state index in [-0.39, 0.29) is 11.7 Å². The van der Waals surface area contributed by atoms with Gasteiger partial charge in [-0.25, -0.2) is 0 Å². The van der Waals surface area contributed by atoms with E-state index in [4.69, 9.17) is 11.6 Å². The molecule has 0 aromatic heterocycles. The minimum atomic E-state index is -0.0165. The van der Waals surface area contributed by atoms with E-state index in [1.165, 1.54) is 5.56 Å². The van der Waals surface area contributed by atoms with Crippen LogP contribution in [-0.2, 0) is 6.42 Å². The smallest absolute Gasteiger partial charge is 0.170 e. The van der Waals surface area contributed by atoms with Gasteiger partial charge in [0.2, 0.25) is 0 Å². The van der Waals surface area contributed by atoms with Crippen LogP contribution >= 0.6 is 11.6 Å². The van der Waals surface area contributed by atoms with Crippen molar-refractivity contribution in [2.75, 3.05) is 0 Å². The first kappa shape index (κ1) is 11.5. The van der Waals surface area contributed by atoms with Crippen LogP contribution in [0.15, 0.2) is 48.5 Å². The number of benzene rings is 2. The molecule has 90 valence electrons. The zero-order valence-corrected chi connectivity index (χ0v) is 10.7. The van der Waals surface area contributed by atoms with Gasteiger partial charge in [0.15, 0.2) is 5.78 Å². The van der Waals surface area contributed by atoms with Crippen molar-refractivity contribution in [2.45, 2.75) is 18.8 Å². The maximum Gasteiger partial charge on any atom is 0.170 e. The SMILES string of the molecule is O=C1c2ccccc2CC[C@@H]1c1ccc(Cl)cc1. The Morgan fingerprint density at radius 2 is 1.72 bits per heavy atom. The third-order valence-electron chi connectivity index (χ3n) is 3.57. The number of halogens is 1. The van der Waals surface area contributed by atoms with Gasteiger partial charge in [-0.15, -0.1) is 0 Å². The summed E-state index contributed by atoms with van der Waals surface area (Å²) in [6.45, 7) is 0. The molecule has 0 radical (unpaired) electrons. The molecule has 0 spiro atoms. The summed E-state index contributed by atoms with van der Waals surface area (Å²) < 4.78 is 0. The first-order valence-corrected chi connectivity index (χ1v) is 6.51. The average molecular weight is 257 g/mol. The summed E-state index contributed by atoms with van der Waals surface area (Å²) in [5, 5.41) is 0.711. The van der Waals surface area contributed by atoms with Gasteiger partial charge in [-0.1, -0.05) is 48.0 Å². The normalized spacial score (nSPS) is 18.5. The summed E-state index contributed by atoms with van der Waals surface area (Å²) in [5.74, 6) is 0.219. The lowest BCUT2D eigenvalue weighted by Crippen LogP contribution is -2.20. The molecule has 0 fully saturated rings. The molecule has 2 heteroatoms. The Hall–Kier alpha value is -1.60. The highest BCUT2D eigenvalue weighted by Gasteiger charge is 2.27. The Morgan fingerprint density at radius 1 is 1.00 bits per heavy atom. The molecule has 0 heterocycles. The fourth-order valence-electron chi connectivity index (χ4n) is 2.61. The van der Waals surface area contributed by atoms with E-state index in [2.05, 4.69) is 0 Å². The first-order chi connectivity index (χ1) is 8.75. The Labute approximate surface area is 111 Å². The number of Topliss-reactive ketones (excluding diaryl/α,β-unsaturated/α-hetero) is 1. The Balaban J connectivity index is 1.97. The molecular weight excluding hydrogens is 244 g/mol. The summed E-state index contributed by atoms with van der Waals surface area (Å²) in [7, 11) is 0. The van der Waals surface area contributed by atoms with Gasteiger partial charge >= 0.3 is 0 Å². The van der Waals surface area contributed by atoms with Gasteiger partial charge in [-0.3, -0.25) is 4.79 Å². The molecule has 0 saturated carbocycles. The molecule has 0 aliphatic heterocycles. The van der Waals surface area contributed by atoms with Gasteiger partial charge in [0.25, 0.3) is 0 Å². The van der Waals surface area contributed by atoms with Gasteiger partial charge in [0, 0.05) is 16.5 Å². The minimum absolute atomic E-state index is 0.0165. The maximum atomic E-state index is 12.5. The molecule has 1 nitrogen and oxygen atoms in total. The molecule has 0 saturated heterocycles. The number of fused-ring (bicyclic) bond motifs is 1. The third-order valence-corrected chi connectivity index (χ3v) is 3.83. The second-order valence-electron chi connectivity index (χ2n) is 4.66. The highest BCUT2D eigenvalue weighted by molar-refractivity contribution is 6.30. The number of carbonyl (C=O) groups is 1. The van der Waals surface area contributed by atoms with Crippen molar-refractivity contribution >= 4 is 17.4 Å². The van der Waals surface area contributed by atoms with Gasteiger partial charge in [-0.05, 0) is 36.1 Å². The zero-order chi connectivity index (χ0) is 12.5. The van der Waals surface area contributed by atoms with Crippen LogP contribution < -0.4 is 0 Å². The van der Waals surface area contributed by atoms with Crippen LogP contribution in [0.25, 0.3) is 0 Å². The second kappa shape index (κ2) is 4.58. The van der Waals surface area contributed by atoms with Crippen LogP contribution in [0.3, 0.4) is 0 Å². The Kier molecular flexibility index (Phi) is 2.92. The molecule has 0 bridgehead atoms. The topological polar surface area (TPSA) is 17.1 Å². The molecule has 2 aromatic carbocycles. The highest BCUT2D eigenvalue weighted by Crippen LogP contribution is 2.32. The molecule has 0 N–H and O–H groups in total. The van der Waals surface area contributed by atoms with Crippen LogP contribution in [0.4, 0.5) is 0 Å². The van der Waals surface area contributed by atoms with Crippen molar-refractivity contribution in [1.29, 1.82) is 0 Å². The average Bonchev–Trinajstić information content (AvgIpc) is 2.41. The standard InChI is InChI=1S/C16H13ClO/c17-13-8-5-12(6-9-13)15-10-7-11-3-1-2-4-14(11)16(15)18/h1-6,8-9,15H,7,10H2/t15-/m1/s1. The number of hydrogen-bond acceptors (Lipinski definition) is 1. The van der Waals surface area contributed by atoms with Gasteiger partial charge in [-0.2, -0.15) is 0 Å². The molecule has 1 atom stereocenters. The molecule has 0 unspecified atom stereocenters. The van der Waals surface area contributed by atoms with E-state index in [0.717, 1.165) is 24.0 Å².